The van der Waals surface area contributed by atoms with Crippen LogP contribution in [-0.2, 0) is 24.0 Å². The molecule has 0 fully saturated rings. The highest BCUT2D eigenvalue weighted by Gasteiger charge is 2.44. The Morgan fingerprint density at radius 1 is 1.17 bits per heavy atom. The van der Waals surface area contributed by atoms with E-state index >= 15 is 0 Å². The Morgan fingerprint density at radius 2 is 1.89 bits per heavy atom. The van der Waals surface area contributed by atoms with Gasteiger partial charge < -0.3 is 15.0 Å². The number of methoxy groups -OCH3 is 1. The maximum atomic E-state index is 13.9. The Kier molecular flexibility index (Phi) is 7.06. The lowest BCUT2D eigenvalue weighted by Gasteiger charge is -2.21. The number of hydrogen-bond acceptors (Lipinski definition) is 5. The molecule has 0 unspecified atom stereocenters. The maximum Gasteiger partial charge on any atom is 0.436 e. The SMILES string of the molecule is COC(=O)c1ccc([C@H](C)NC(=O)c2c(C(F)(F)F)nn3c2N(Cc2cccc(I)c2)CC3)cc1. The number of hydrogen-bond donors (Lipinski definition) is 1. The zero-order valence-electron chi connectivity index (χ0n) is 18.9. The summed E-state index contributed by atoms with van der Waals surface area (Å²) in [5.41, 5.74) is 0.184. The van der Waals surface area contributed by atoms with Crippen LogP contribution in [0.2, 0.25) is 0 Å². The van der Waals surface area contributed by atoms with Gasteiger partial charge in [0.1, 0.15) is 11.4 Å². The number of amides is 1. The molecule has 1 amide bonds. The standard InChI is InChI=1S/C24H22F3IN4O3/c1-14(16-6-8-17(9-7-16)23(34)35-2)29-21(33)19-20(24(25,26)27)30-32-11-10-31(22(19)32)13-15-4-3-5-18(28)12-15/h3-9,12,14H,10-11,13H2,1-2H3,(H,29,33)/t14-/m0/s1. The normalized spacial score (nSPS) is 13.9. The Hall–Kier alpha value is -3.09. The predicted octanol–water partition coefficient (Wildman–Crippen LogP) is 4.80. The summed E-state index contributed by atoms with van der Waals surface area (Å²) in [4.78, 5) is 26.6. The number of fused-ring (bicyclic) bond motifs is 1. The quantitative estimate of drug-likeness (QED) is 0.326. The van der Waals surface area contributed by atoms with E-state index in [2.05, 4.69) is 37.7 Å². The van der Waals surface area contributed by atoms with Gasteiger partial charge >= 0.3 is 12.1 Å². The van der Waals surface area contributed by atoms with Crippen molar-refractivity contribution in [1.82, 2.24) is 15.1 Å². The van der Waals surface area contributed by atoms with Crippen molar-refractivity contribution in [3.8, 4) is 0 Å². The molecule has 2 aromatic carbocycles. The van der Waals surface area contributed by atoms with Crippen molar-refractivity contribution in [3.05, 3.63) is 80.0 Å². The van der Waals surface area contributed by atoms with Gasteiger partial charge in [-0.05, 0) is 64.9 Å². The van der Waals surface area contributed by atoms with E-state index in [1.54, 1.807) is 24.0 Å². The van der Waals surface area contributed by atoms with Crippen LogP contribution in [0, 0.1) is 3.57 Å². The summed E-state index contributed by atoms with van der Waals surface area (Å²) in [7, 11) is 1.27. The number of carbonyl (C=O) groups excluding carboxylic acids is 2. The fraction of sp³-hybridized carbons (Fsp3) is 0.292. The molecular weight excluding hydrogens is 576 g/mol. The molecule has 1 atom stereocenters. The van der Waals surface area contributed by atoms with Crippen molar-refractivity contribution in [2.75, 3.05) is 18.6 Å². The van der Waals surface area contributed by atoms with Crippen LogP contribution in [0.3, 0.4) is 0 Å². The van der Waals surface area contributed by atoms with Gasteiger partial charge in [0.2, 0.25) is 0 Å². The Morgan fingerprint density at radius 3 is 2.51 bits per heavy atom. The van der Waals surface area contributed by atoms with Gasteiger partial charge in [0.05, 0.1) is 25.3 Å². The monoisotopic (exact) mass is 598 g/mol. The number of alkyl halides is 3. The van der Waals surface area contributed by atoms with Gasteiger partial charge in [-0.1, -0.05) is 24.3 Å². The molecule has 184 valence electrons. The van der Waals surface area contributed by atoms with Crippen LogP contribution in [0.5, 0.6) is 0 Å². The molecule has 1 aliphatic rings. The number of benzene rings is 2. The molecule has 3 aromatic rings. The molecule has 1 aliphatic heterocycles. The third kappa shape index (κ3) is 5.29. The minimum atomic E-state index is -4.79. The predicted molar refractivity (Wildman–Crippen MR) is 131 cm³/mol. The first-order chi connectivity index (χ1) is 16.6. The van der Waals surface area contributed by atoms with Gasteiger partial charge in [0, 0.05) is 16.7 Å². The fourth-order valence-corrected chi connectivity index (χ4v) is 4.65. The number of anilines is 1. The van der Waals surface area contributed by atoms with E-state index in [9.17, 15) is 22.8 Å². The highest BCUT2D eigenvalue weighted by Crippen LogP contribution is 2.38. The molecule has 0 aliphatic carbocycles. The maximum absolute atomic E-state index is 13.9. The van der Waals surface area contributed by atoms with Gasteiger partial charge in [-0.2, -0.15) is 18.3 Å². The topological polar surface area (TPSA) is 76.5 Å². The Balaban J connectivity index is 1.63. The first-order valence-corrected chi connectivity index (χ1v) is 11.8. The molecule has 1 aromatic heterocycles. The Bertz CT molecular complexity index is 1260. The van der Waals surface area contributed by atoms with Crippen molar-refractivity contribution in [1.29, 1.82) is 0 Å². The molecule has 0 radical (unpaired) electrons. The third-order valence-electron chi connectivity index (χ3n) is 5.74. The first kappa shape index (κ1) is 25.0. The molecule has 1 N–H and O–H groups in total. The van der Waals surface area contributed by atoms with E-state index < -0.39 is 35.4 Å². The number of nitrogens with one attached hydrogen (secondary N) is 1. The zero-order chi connectivity index (χ0) is 25.3. The minimum Gasteiger partial charge on any atom is -0.465 e. The summed E-state index contributed by atoms with van der Waals surface area (Å²) in [5.74, 6) is -1.22. The lowest BCUT2D eigenvalue weighted by atomic mass is 10.1. The number of esters is 1. The zero-order valence-corrected chi connectivity index (χ0v) is 21.1. The molecular formula is C24H22F3IN4O3. The van der Waals surface area contributed by atoms with Gasteiger partial charge in [-0.15, -0.1) is 0 Å². The first-order valence-electron chi connectivity index (χ1n) is 10.7. The van der Waals surface area contributed by atoms with E-state index in [1.165, 1.54) is 23.9 Å². The number of halogens is 4. The number of carbonyl (C=O) groups is 2. The average molecular weight is 598 g/mol. The summed E-state index contributed by atoms with van der Waals surface area (Å²) in [6.45, 7) is 2.70. The van der Waals surface area contributed by atoms with E-state index in [0.29, 0.717) is 24.2 Å². The molecule has 2 heterocycles. The molecule has 0 spiro atoms. The summed E-state index contributed by atoms with van der Waals surface area (Å²) >= 11 is 2.18. The van der Waals surface area contributed by atoms with Gasteiger partial charge in [0.25, 0.3) is 5.91 Å². The molecule has 35 heavy (non-hydrogen) atoms. The highest BCUT2D eigenvalue weighted by molar-refractivity contribution is 14.1. The average Bonchev–Trinajstić information content (AvgIpc) is 3.39. The van der Waals surface area contributed by atoms with Crippen molar-refractivity contribution in [2.45, 2.75) is 32.2 Å². The molecule has 7 nitrogen and oxygen atoms in total. The van der Waals surface area contributed by atoms with Crippen LogP contribution in [0.25, 0.3) is 0 Å². The minimum absolute atomic E-state index is 0.155. The number of aromatic nitrogens is 2. The molecule has 4 rings (SSSR count). The van der Waals surface area contributed by atoms with E-state index in [1.807, 2.05) is 24.3 Å². The largest absolute Gasteiger partial charge is 0.465 e. The second kappa shape index (κ2) is 9.88. The van der Waals surface area contributed by atoms with Crippen molar-refractivity contribution in [3.63, 3.8) is 0 Å². The summed E-state index contributed by atoms with van der Waals surface area (Å²) in [5, 5.41) is 6.41. The molecule has 0 saturated carbocycles. The second-order valence-corrected chi connectivity index (χ2v) is 9.37. The van der Waals surface area contributed by atoms with Crippen LogP contribution >= 0.6 is 22.6 Å². The van der Waals surface area contributed by atoms with Crippen molar-refractivity contribution < 1.29 is 27.5 Å². The van der Waals surface area contributed by atoms with Gasteiger partial charge in [-0.3, -0.25) is 4.79 Å². The lowest BCUT2D eigenvalue weighted by molar-refractivity contribution is -0.141. The van der Waals surface area contributed by atoms with E-state index in [-0.39, 0.29) is 12.4 Å². The molecule has 11 heteroatoms. The van der Waals surface area contributed by atoms with E-state index in [4.69, 9.17) is 0 Å². The number of nitrogens with zero attached hydrogens (tertiary/aromatic N) is 3. The number of ether oxygens (including phenoxy) is 1. The summed E-state index contributed by atoms with van der Waals surface area (Å²) in [6, 6.07) is 13.3. The highest BCUT2D eigenvalue weighted by atomic mass is 127. The fourth-order valence-electron chi connectivity index (χ4n) is 4.05. The lowest BCUT2D eigenvalue weighted by Crippen LogP contribution is -2.31. The van der Waals surface area contributed by atoms with E-state index in [0.717, 1.165) is 9.13 Å². The summed E-state index contributed by atoms with van der Waals surface area (Å²) in [6.07, 6.45) is -4.79. The van der Waals surface area contributed by atoms with Crippen LogP contribution in [0.4, 0.5) is 19.0 Å². The van der Waals surface area contributed by atoms with Crippen LogP contribution in [0.15, 0.2) is 48.5 Å². The van der Waals surface area contributed by atoms with Crippen LogP contribution in [0.1, 0.15) is 50.5 Å². The third-order valence-corrected chi connectivity index (χ3v) is 6.42. The van der Waals surface area contributed by atoms with Crippen LogP contribution < -0.4 is 10.2 Å². The Labute approximate surface area is 213 Å². The van der Waals surface area contributed by atoms with Crippen LogP contribution in [-0.4, -0.2) is 35.3 Å². The number of rotatable bonds is 6. The van der Waals surface area contributed by atoms with Crippen molar-refractivity contribution in [2.24, 2.45) is 0 Å². The second-order valence-electron chi connectivity index (χ2n) is 8.13. The van der Waals surface area contributed by atoms with Gasteiger partial charge in [0.15, 0.2) is 5.69 Å². The van der Waals surface area contributed by atoms with Gasteiger partial charge in [-0.25, -0.2) is 9.48 Å². The smallest absolute Gasteiger partial charge is 0.436 e. The van der Waals surface area contributed by atoms with Crippen molar-refractivity contribution >= 4 is 40.3 Å². The summed E-state index contributed by atoms with van der Waals surface area (Å²) < 4.78 is 48.5. The molecule has 0 saturated heterocycles. The molecule has 0 bridgehead atoms.